The first-order valence-electron chi connectivity index (χ1n) is 6.60. The predicted molar refractivity (Wildman–Crippen MR) is 73.5 cm³/mol. The molecule has 1 rings (SSSR count). The molecule has 0 bridgehead atoms. The summed E-state index contributed by atoms with van der Waals surface area (Å²) in [5.74, 6) is -0.475. The van der Waals surface area contributed by atoms with Crippen LogP contribution in [0.4, 0.5) is 0 Å². The highest BCUT2D eigenvalue weighted by Gasteiger charge is 2.25. The van der Waals surface area contributed by atoms with E-state index < -0.39 is 5.97 Å². The van der Waals surface area contributed by atoms with Gasteiger partial charge in [0.25, 0.3) is 5.91 Å². The standard InChI is InChI=1S/C14H22N2O3/c1-6-10-11(14(18)19-5)9(4)12(15-10)13(17)16(7-2)8-3/h15H,6-8H2,1-5H3. The number of esters is 1. The third-order valence-electron chi connectivity index (χ3n) is 3.34. The maximum atomic E-state index is 12.4. The van der Waals surface area contributed by atoms with Crippen molar-refractivity contribution in [2.45, 2.75) is 34.1 Å². The van der Waals surface area contributed by atoms with Crippen molar-refractivity contribution < 1.29 is 14.3 Å². The molecule has 0 aliphatic carbocycles. The maximum absolute atomic E-state index is 12.4. The fourth-order valence-electron chi connectivity index (χ4n) is 2.18. The zero-order chi connectivity index (χ0) is 14.6. The molecular formula is C14H22N2O3. The number of nitrogens with one attached hydrogen (secondary N) is 1. The van der Waals surface area contributed by atoms with Crippen molar-refractivity contribution in [2.75, 3.05) is 20.2 Å². The van der Waals surface area contributed by atoms with Crippen LogP contribution in [0.5, 0.6) is 0 Å². The summed E-state index contributed by atoms with van der Waals surface area (Å²) < 4.78 is 4.78. The third-order valence-corrected chi connectivity index (χ3v) is 3.34. The molecule has 0 aliphatic heterocycles. The lowest BCUT2D eigenvalue weighted by atomic mass is 10.1. The van der Waals surface area contributed by atoms with E-state index in [9.17, 15) is 9.59 Å². The van der Waals surface area contributed by atoms with Crippen molar-refractivity contribution in [3.63, 3.8) is 0 Å². The fourth-order valence-corrected chi connectivity index (χ4v) is 2.18. The third kappa shape index (κ3) is 2.80. The molecule has 0 saturated heterocycles. The Balaban J connectivity index is 3.27. The number of methoxy groups -OCH3 is 1. The highest BCUT2D eigenvalue weighted by Crippen LogP contribution is 2.21. The second kappa shape index (κ2) is 6.41. The van der Waals surface area contributed by atoms with Crippen LogP contribution in [0.1, 0.15) is 52.9 Å². The van der Waals surface area contributed by atoms with E-state index in [1.54, 1.807) is 11.8 Å². The first-order chi connectivity index (χ1) is 9.01. The molecule has 0 fully saturated rings. The molecule has 0 spiro atoms. The molecule has 0 saturated carbocycles. The molecule has 1 heterocycles. The Kier molecular flexibility index (Phi) is 5.15. The average Bonchev–Trinajstić information content (AvgIpc) is 2.76. The Bertz CT molecular complexity index is 473. The topological polar surface area (TPSA) is 62.4 Å². The molecule has 1 aromatic heterocycles. The van der Waals surface area contributed by atoms with E-state index >= 15 is 0 Å². The van der Waals surface area contributed by atoms with Crippen molar-refractivity contribution in [3.05, 3.63) is 22.5 Å². The summed E-state index contributed by atoms with van der Waals surface area (Å²) in [4.78, 5) is 28.9. The average molecular weight is 266 g/mol. The van der Waals surface area contributed by atoms with Crippen molar-refractivity contribution in [3.8, 4) is 0 Å². The van der Waals surface area contributed by atoms with Crippen LogP contribution in [-0.4, -0.2) is 42.0 Å². The van der Waals surface area contributed by atoms with E-state index in [1.807, 2.05) is 20.8 Å². The van der Waals surface area contributed by atoms with Gasteiger partial charge in [0, 0.05) is 18.8 Å². The summed E-state index contributed by atoms with van der Waals surface area (Å²) in [6.45, 7) is 8.86. The van der Waals surface area contributed by atoms with Crippen LogP contribution in [0, 0.1) is 6.92 Å². The molecule has 1 amide bonds. The molecule has 0 atom stereocenters. The van der Waals surface area contributed by atoms with Gasteiger partial charge in [0.05, 0.1) is 12.7 Å². The summed E-state index contributed by atoms with van der Waals surface area (Å²) >= 11 is 0. The van der Waals surface area contributed by atoms with Gasteiger partial charge in [-0.2, -0.15) is 0 Å². The molecule has 0 unspecified atom stereocenters. The summed E-state index contributed by atoms with van der Waals surface area (Å²) in [7, 11) is 1.35. The van der Waals surface area contributed by atoms with Gasteiger partial charge >= 0.3 is 5.97 Å². The fraction of sp³-hybridized carbons (Fsp3) is 0.571. The van der Waals surface area contributed by atoms with Gasteiger partial charge in [-0.3, -0.25) is 4.79 Å². The normalized spacial score (nSPS) is 10.4. The number of nitrogens with zero attached hydrogens (tertiary/aromatic N) is 1. The summed E-state index contributed by atoms with van der Waals surface area (Å²) in [6.07, 6.45) is 0.650. The van der Waals surface area contributed by atoms with Gasteiger partial charge in [-0.25, -0.2) is 4.79 Å². The Morgan fingerprint density at radius 3 is 2.21 bits per heavy atom. The van der Waals surface area contributed by atoms with E-state index in [1.165, 1.54) is 7.11 Å². The SMILES string of the molecule is CCc1[nH]c(C(=O)N(CC)CC)c(C)c1C(=O)OC. The van der Waals surface area contributed by atoms with Gasteiger partial charge in [0.15, 0.2) is 0 Å². The van der Waals surface area contributed by atoms with Gasteiger partial charge in [0.1, 0.15) is 5.69 Å². The van der Waals surface area contributed by atoms with E-state index in [-0.39, 0.29) is 5.91 Å². The highest BCUT2D eigenvalue weighted by atomic mass is 16.5. The van der Waals surface area contributed by atoms with Crippen LogP contribution >= 0.6 is 0 Å². The lowest BCUT2D eigenvalue weighted by Gasteiger charge is -2.18. The lowest BCUT2D eigenvalue weighted by Crippen LogP contribution is -2.31. The highest BCUT2D eigenvalue weighted by molar-refractivity contribution is 6.00. The lowest BCUT2D eigenvalue weighted by molar-refractivity contribution is 0.0599. The zero-order valence-electron chi connectivity index (χ0n) is 12.3. The first kappa shape index (κ1) is 15.3. The van der Waals surface area contributed by atoms with Crippen LogP contribution in [-0.2, 0) is 11.2 Å². The van der Waals surface area contributed by atoms with Crippen molar-refractivity contribution in [1.29, 1.82) is 0 Å². The van der Waals surface area contributed by atoms with Crippen molar-refractivity contribution in [1.82, 2.24) is 9.88 Å². The molecule has 106 valence electrons. The van der Waals surface area contributed by atoms with E-state index in [4.69, 9.17) is 4.74 Å². The number of carbonyl (C=O) groups is 2. The van der Waals surface area contributed by atoms with E-state index in [2.05, 4.69) is 4.98 Å². The summed E-state index contributed by atoms with van der Waals surface area (Å²) in [6, 6.07) is 0. The van der Waals surface area contributed by atoms with Crippen LogP contribution in [0.3, 0.4) is 0 Å². The molecule has 0 aromatic carbocycles. The van der Waals surface area contributed by atoms with Gasteiger partial charge in [-0.1, -0.05) is 6.92 Å². The molecule has 1 aromatic rings. The minimum Gasteiger partial charge on any atom is -0.465 e. The number of hydrogen-bond donors (Lipinski definition) is 1. The smallest absolute Gasteiger partial charge is 0.339 e. The number of amides is 1. The molecule has 5 nitrogen and oxygen atoms in total. The number of aromatic amines is 1. The Morgan fingerprint density at radius 1 is 1.21 bits per heavy atom. The van der Waals surface area contributed by atoms with Crippen LogP contribution in [0.15, 0.2) is 0 Å². The van der Waals surface area contributed by atoms with Crippen molar-refractivity contribution >= 4 is 11.9 Å². The molecule has 1 N–H and O–H groups in total. The van der Waals surface area contributed by atoms with Gasteiger partial charge < -0.3 is 14.6 Å². The number of H-pyrrole nitrogens is 1. The molecule has 19 heavy (non-hydrogen) atoms. The monoisotopic (exact) mass is 266 g/mol. The Morgan fingerprint density at radius 2 is 1.79 bits per heavy atom. The molecule has 0 radical (unpaired) electrons. The molecular weight excluding hydrogens is 244 g/mol. The van der Waals surface area contributed by atoms with Crippen LogP contribution in [0.2, 0.25) is 0 Å². The minimum atomic E-state index is -0.399. The number of ether oxygens (including phenoxy) is 1. The maximum Gasteiger partial charge on any atom is 0.339 e. The molecule has 0 aliphatic rings. The number of aryl methyl sites for hydroxylation is 1. The van der Waals surface area contributed by atoms with Crippen LogP contribution in [0.25, 0.3) is 0 Å². The second-order valence-corrected chi connectivity index (χ2v) is 4.30. The summed E-state index contributed by atoms with van der Waals surface area (Å²) in [5, 5.41) is 0. The predicted octanol–water partition coefficient (Wildman–Crippen LogP) is 2.15. The number of hydrogen-bond acceptors (Lipinski definition) is 3. The van der Waals surface area contributed by atoms with Gasteiger partial charge in [-0.05, 0) is 32.8 Å². The largest absolute Gasteiger partial charge is 0.465 e. The summed E-state index contributed by atoms with van der Waals surface area (Å²) in [5.41, 5.74) is 2.39. The van der Waals surface area contributed by atoms with E-state index in [0.717, 1.165) is 5.69 Å². The van der Waals surface area contributed by atoms with Gasteiger partial charge in [0.2, 0.25) is 0 Å². The van der Waals surface area contributed by atoms with Crippen LogP contribution < -0.4 is 0 Å². The minimum absolute atomic E-state index is 0.0765. The number of carbonyl (C=O) groups excluding carboxylic acids is 2. The quantitative estimate of drug-likeness (QED) is 0.831. The Labute approximate surface area is 113 Å². The number of aromatic nitrogens is 1. The first-order valence-corrected chi connectivity index (χ1v) is 6.60. The van der Waals surface area contributed by atoms with E-state index in [0.29, 0.717) is 36.3 Å². The Hall–Kier alpha value is -1.78. The second-order valence-electron chi connectivity index (χ2n) is 4.30. The number of rotatable bonds is 5. The van der Waals surface area contributed by atoms with Gasteiger partial charge in [-0.15, -0.1) is 0 Å². The zero-order valence-corrected chi connectivity index (χ0v) is 12.3. The molecule has 5 heteroatoms. The van der Waals surface area contributed by atoms with Crippen molar-refractivity contribution in [2.24, 2.45) is 0 Å².